The third-order valence-corrected chi connectivity index (χ3v) is 7.45. The van der Waals surface area contributed by atoms with E-state index in [0.29, 0.717) is 42.2 Å². The van der Waals surface area contributed by atoms with E-state index in [-0.39, 0.29) is 5.92 Å². The predicted molar refractivity (Wildman–Crippen MR) is 103 cm³/mol. The number of carbonyl (C=O) groups is 1. The Morgan fingerprint density at radius 3 is 2.52 bits per heavy atom. The first-order chi connectivity index (χ1) is 13.1. The maximum atomic E-state index is 12.3. The fourth-order valence-electron chi connectivity index (χ4n) is 5.74. The van der Waals surface area contributed by atoms with Crippen molar-refractivity contribution in [2.75, 3.05) is 39.4 Å². The predicted octanol–water partition coefficient (Wildman–Crippen LogP) is 2.60. The SMILES string of the molecule is O=C(C1COC1)N1CC2(CCC(N3CCC(c4ccccc4O)CC3)C2)C1. The minimum absolute atomic E-state index is 0.132. The second kappa shape index (κ2) is 6.78. The lowest BCUT2D eigenvalue weighted by Crippen LogP contribution is -2.61. The standard InChI is InChI=1S/C22H30N2O3/c25-20-4-2-1-3-19(20)16-6-9-23(10-7-16)18-5-8-22(11-18)14-24(15-22)21(26)17-12-27-13-17/h1-4,16-18,25H,5-15H2. The first kappa shape index (κ1) is 17.5. The van der Waals surface area contributed by atoms with E-state index in [1.807, 2.05) is 18.2 Å². The molecule has 3 aliphatic heterocycles. The van der Waals surface area contributed by atoms with Gasteiger partial charge in [-0.15, -0.1) is 0 Å². The van der Waals surface area contributed by atoms with Crippen molar-refractivity contribution in [1.82, 2.24) is 9.80 Å². The van der Waals surface area contributed by atoms with Gasteiger partial charge in [0.1, 0.15) is 5.75 Å². The first-order valence-electron chi connectivity index (χ1n) is 10.5. The van der Waals surface area contributed by atoms with Crippen LogP contribution in [0.25, 0.3) is 0 Å². The highest BCUT2D eigenvalue weighted by Gasteiger charge is 2.52. The van der Waals surface area contributed by atoms with Gasteiger partial charge in [-0.3, -0.25) is 4.79 Å². The van der Waals surface area contributed by atoms with E-state index in [1.54, 1.807) is 0 Å². The van der Waals surface area contributed by atoms with Crippen molar-refractivity contribution in [3.63, 3.8) is 0 Å². The summed E-state index contributed by atoms with van der Waals surface area (Å²) in [4.78, 5) is 17.1. The molecule has 0 radical (unpaired) electrons. The highest BCUT2D eigenvalue weighted by molar-refractivity contribution is 5.80. The summed E-state index contributed by atoms with van der Waals surface area (Å²) in [5, 5.41) is 10.1. The molecule has 146 valence electrons. The number of hydrogen-bond donors (Lipinski definition) is 1. The lowest BCUT2D eigenvalue weighted by molar-refractivity contribution is -0.161. The number of amides is 1. The molecule has 5 nitrogen and oxygen atoms in total. The van der Waals surface area contributed by atoms with Crippen LogP contribution in [0.4, 0.5) is 0 Å². The molecule has 3 saturated heterocycles. The molecule has 1 unspecified atom stereocenters. The number of phenols is 1. The number of ether oxygens (including phenoxy) is 1. The largest absolute Gasteiger partial charge is 0.508 e. The third-order valence-electron chi connectivity index (χ3n) is 7.45. The molecule has 1 aromatic carbocycles. The van der Waals surface area contributed by atoms with Crippen LogP contribution in [0.1, 0.15) is 43.6 Å². The Morgan fingerprint density at radius 2 is 1.85 bits per heavy atom. The first-order valence-corrected chi connectivity index (χ1v) is 10.5. The van der Waals surface area contributed by atoms with Gasteiger partial charge in [-0.1, -0.05) is 18.2 Å². The third kappa shape index (κ3) is 3.15. The molecule has 5 rings (SSSR count). The Kier molecular flexibility index (Phi) is 4.40. The highest BCUT2D eigenvalue weighted by Crippen LogP contribution is 2.48. The molecule has 4 fully saturated rings. The van der Waals surface area contributed by atoms with Gasteiger partial charge in [0.15, 0.2) is 0 Å². The molecule has 0 bridgehead atoms. The Hall–Kier alpha value is -1.59. The van der Waals surface area contributed by atoms with E-state index >= 15 is 0 Å². The van der Waals surface area contributed by atoms with Gasteiger partial charge < -0.3 is 19.6 Å². The number of rotatable bonds is 3. The van der Waals surface area contributed by atoms with Crippen LogP contribution in [-0.4, -0.2) is 66.2 Å². The second-order valence-corrected chi connectivity index (χ2v) is 9.19. The number of aromatic hydroxyl groups is 1. The summed E-state index contributed by atoms with van der Waals surface area (Å²) in [5.41, 5.74) is 1.51. The molecule has 27 heavy (non-hydrogen) atoms. The maximum Gasteiger partial charge on any atom is 0.230 e. The van der Waals surface area contributed by atoms with E-state index in [9.17, 15) is 9.90 Å². The van der Waals surface area contributed by atoms with Crippen molar-refractivity contribution in [2.45, 2.75) is 44.1 Å². The number of carbonyl (C=O) groups excluding carboxylic acids is 1. The minimum atomic E-state index is 0.132. The molecular weight excluding hydrogens is 340 g/mol. The van der Waals surface area contributed by atoms with Crippen LogP contribution in [0, 0.1) is 11.3 Å². The van der Waals surface area contributed by atoms with Crippen LogP contribution in [0.5, 0.6) is 5.75 Å². The highest BCUT2D eigenvalue weighted by atomic mass is 16.5. The molecule has 5 heteroatoms. The quantitative estimate of drug-likeness (QED) is 0.889. The molecule has 4 aliphatic rings. The van der Waals surface area contributed by atoms with E-state index in [1.165, 1.54) is 19.3 Å². The zero-order chi connectivity index (χ0) is 18.4. The van der Waals surface area contributed by atoms with Gasteiger partial charge in [-0.25, -0.2) is 0 Å². The number of phenolic OH excluding ortho intramolecular Hbond substituents is 1. The van der Waals surface area contributed by atoms with E-state index in [4.69, 9.17) is 4.74 Å². The van der Waals surface area contributed by atoms with E-state index in [2.05, 4.69) is 15.9 Å². The summed E-state index contributed by atoms with van der Waals surface area (Å²) in [6.45, 7) is 5.43. The van der Waals surface area contributed by atoms with Crippen molar-refractivity contribution in [2.24, 2.45) is 11.3 Å². The van der Waals surface area contributed by atoms with Crippen molar-refractivity contribution < 1.29 is 14.6 Å². The second-order valence-electron chi connectivity index (χ2n) is 9.19. The molecule has 1 N–H and O–H groups in total. The maximum absolute atomic E-state index is 12.3. The van der Waals surface area contributed by atoms with Crippen LogP contribution >= 0.6 is 0 Å². The molecule has 1 amide bonds. The Labute approximate surface area is 161 Å². The lowest BCUT2D eigenvalue weighted by atomic mass is 9.77. The summed E-state index contributed by atoms with van der Waals surface area (Å²) in [6.07, 6.45) is 6.05. The normalized spacial score (nSPS) is 28.9. The molecule has 1 aromatic rings. The number of piperidine rings is 1. The molecule has 0 aromatic heterocycles. The number of hydrogen-bond acceptors (Lipinski definition) is 4. The van der Waals surface area contributed by atoms with Crippen LogP contribution in [0.15, 0.2) is 24.3 Å². The average molecular weight is 370 g/mol. The van der Waals surface area contributed by atoms with Crippen molar-refractivity contribution >= 4 is 5.91 Å². The van der Waals surface area contributed by atoms with Crippen LogP contribution < -0.4 is 0 Å². The Bertz CT molecular complexity index is 703. The summed E-state index contributed by atoms with van der Waals surface area (Å²) in [7, 11) is 0. The van der Waals surface area contributed by atoms with Gasteiger partial charge in [0.25, 0.3) is 0 Å². The fraction of sp³-hybridized carbons (Fsp3) is 0.682. The number of para-hydroxylation sites is 1. The van der Waals surface area contributed by atoms with Gasteiger partial charge in [0.2, 0.25) is 5.91 Å². The number of likely N-dealkylation sites (tertiary alicyclic amines) is 2. The zero-order valence-corrected chi connectivity index (χ0v) is 16.0. The van der Waals surface area contributed by atoms with Crippen LogP contribution in [0.2, 0.25) is 0 Å². The summed E-state index contributed by atoms with van der Waals surface area (Å²) in [6, 6.07) is 8.49. The van der Waals surface area contributed by atoms with Crippen molar-refractivity contribution in [3.8, 4) is 5.75 Å². The van der Waals surface area contributed by atoms with Gasteiger partial charge in [-0.2, -0.15) is 0 Å². The zero-order valence-electron chi connectivity index (χ0n) is 16.0. The topological polar surface area (TPSA) is 53.0 Å². The number of benzene rings is 1. The number of nitrogens with zero attached hydrogens (tertiary/aromatic N) is 2. The molecule has 1 spiro atoms. The van der Waals surface area contributed by atoms with Gasteiger partial charge >= 0.3 is 0 Å². The van der Waals surface area contributed by atoms with E-state index in [0.717, 1.165) is 44.6 Å². The molecular formula is C22H30N2O3. The minimum Gasteiger partial charge on any atom is -0.508 e. The Morgan fingerprint density at radius 1 is 1.11 bits per heavy atom. The average Bonchev–Trinajstić information content (AvgIpc) is 3.05. The Balaban J connectivity index is 1.12. The molecule has 1 aliphatic carbocycles. The summed E-state index contributed by atoms with van der Waals surface area (Å²) < 4.78 is 5.17. The van der Waals surface area contributed by atoms with Gasteiger partial charge in [-0.05, 0) is 62.7 Å². The van der Waals surface area contributed by atoms with E-state index < -0.39 is 0 Å². The van der Waals surface area contributed by atoms with Crippen molar-refractivity contribution in [1.29, 1.82) is 0 Å². The molecule has 3 heterocycles. The van der Waals surface area contributed by atoms with Crippen molar-refractivity contribution in [3.05, 3.63) is 29.8 Å². The monoisotopic (exact) mass is 370 g/mol. The lowest BCUT2D eigenvalue weighted by Gasteiger charge is -2.50. The fourth-order valence-corrected chi connectivity index (χ4v) is 5.74. The van der Waals surface area contributed by atoms with Gasteiger partial charge in [0.05, 0.1) is 19.1 Å². The van der Waals surface area contributed by atoms with Crippen LogP contribution in [0.3, 0.4) is 0 Å². The van der Waals surface area contributed by atoms with Gasteiger partial charge in [0, 0.05) is 24.5 Å². The summed E-state index contributed by atoms with van der Waals surface area (Å²) >= 11 is 0. The molecule has 1 saturated carbocycles. The smallest absolute Gasteiger partial charge is 0.230 e. The van der Waals surface area contributed by atoms with Crippen LogP contribution in [-0.2, 0) is 9.53 Å². The molecule has 1 atom stereocenters. The summed E-state index contributed by atoms with van der Waals surface area (Å²) in [5.74, 6) is 1.39.